The van der Waals surface area contributed by atoms with Crippen molar-refractivity contribution >= 4 is 21.8 Å². The fraction of sp³-hybridized carbons (Fsp3) is 0. The molecule has 0 aliphatic carbocycles. The smallest absolute Gasteiger partial charge is 0.162 e. The standard InChI is InChI=1S/C62H41N5/c1-7-19-42(20-8-1)48-31-34-51-52-35-32-49(43-21-9-2-10-22-43)39-60(52)67(59(51)38-48)58-36-33-50(61-63-54(44-23-11-3-12-24-44)40-55(64-61)45-25-13-4-14-26-45)37-53(58)62-65-56(46-27-15-5-16-28-46)41-57(66-62)47-29-17-6-18-30-47/h1-41H. The molecule has 9 aromatic carbocycles. The molecule has 0 bridgehead atoms. The van der Waals surface area contributed by atoms with Gasteiger partial charge in [0, 0.05) is 44.2 Å². The number of hydrogen-bond acceptors (Lipinski definition) is 4. The summed E-state index contributed by atoms with van der Waals surface area (Å²) in [5.41, 5.74) is 16.7. The van der Waals surface area contributed by atoms with Crippen molar-refractivity contribution in [1.82, 2.24) is 24.5 Å². The zero-order chi connectivity index (χ0) is 44.5. The molecule has 0 unspecified atom stereocenters. The predicted molar refractivity (Wildman–Crippen MR) is 275 cm³/mol. The Hall–Kier alpha value is -9.06. The molecule has 5 heteroatoms. The summed E-state index contributed by atoms with van der Waals surface area (Å²) in [5.74, 6) is 1.20. The third kappa shape index (κ3) is 7.64. The van der Waals surface area contributed by atoms with Crippen LogP contribution in [0.25, 0.3) is 118 Å². The lowest BCUT2D eigenvalue weighted by molar-refractivity contribution is 1.13. The second kappa shape index (κ2) is 17.1. The van der Waals surface area contributed by atoms with Crippen LogP contribution in [0.15, 0.2) is 249 Å². The van der Waals surface area contributed by atoms with Crippen LogP contribution in [0.2, 0.25) is 0 Å². The quantitative estimate of drug-likeness (QED) is 0.145. The van der Waals surface area contributed by atoms with Gasteiger partial charge in [0.05, 0.1) is 39.5 Å². The van der Waals surface area contributed by atoms with E-state index in [1.807, 2.05) is 48.5 Å². The van der Waals surface area contributed by atoms with E-state index in [0.29, 0.717) is 11.6 Å². The minimum atomic E-state index is 0.591. The highest BCUT2D eigenvalue weighted by Gasteiger charge is 2.22. The van der Waals surface area contributed by atoms with Gasteiger partial charge in [-0.1, -0.05) is 206 Å². The third-order valence-electron chi connectivity index (χ3n) is 12.4. The van der Waals surface area contributed by atoms with Crippen molar-refractivity contribution in [2.24, 2.45) is 0 Å². The van der Waals surface area contributed by atoms with Crippen molar-refractivity contribution in [3.63, 3.8) is 0 Å². The van der Waals surface area contributed by atoms with Crippen LogP contribution in [0.5, 0.6) is 0 Å². The molecule has 3 heterocycles. The van der Waals surface area contributed by atoms with E-state index in [-0.39, 0.29) is 0 Å². The number of aromatic nitrogens is 5. The van der Waals surface area contributed by atoms with Gasteiger partial charge in [0.1, 0.15) is 0 Å². The lowest BCUT2D eigenvalue weighted by atomic mass is 10.0. The molecule has 67 heavy (non-hydrogen) atoms. The van der Waals surface area contributed by atoms with E-state index in [9.17, 15) is 0 Å². The summed E-state index contributed by atoms with van der Waals surface area (Å²) in [6.45, 7) is 0. The first-order valence-corrected chi connectivity index (χ1v) is 22.5. The van der Waals surface area contributed by atoms with Gasteiger partial charge in [0.2, 0.25) is 0 Å². The molecule has 3 aromatic heterocycles. The topological polar surface area (TPSA) is 56.5 Å². The number of rotatable bonds is 9. The fourth-order valence-electron chi connectivity index (χ4n) is 9.12. The lowest BCUT2D eigenvalue weighted by Crippen LogP contribution is -2.03. The molecule has 0 spiro atoms. The molecular formula is C62H41N5. The first-order chi connectivity index (χ1) is 33.2. The van der Waals surface area contributed by atoms with Crippen molar-refractivity contribution < 1.29 is 0 Å². The third-order valence-corrected chi connectivity index (χ3v) is 12.4. The highest BCUT2D eigenvalue weighted by atomic mass is 15.0. The minimum Gasteiger partial charge on any atom is -0.308 e. The molecule has 314 valence electrons. The van der Waals surface area contributed by atoms with E-state index in [1.165, 1.54) is 0 Å². The molecule has 5 nitrogen and oxygen atoms in total. The van der Waals surface area contributed by atoms with Gasteiger partial charge in [-0.05, 0) is 64.7 Å². The maximum Gasteiger partial charge on any atom is 0.162 e. The van der Waals surface area contributed by atoms with Crippen LogP contribution in [-0.4, -0.2) is 24.5 Å². The molecule has 12 rings (SSSR count). The van der Waals surface area contributed by atoms with Gasteiger partial charge in [0.25, 0.3) is 0 Å². The summed E-state index contributed by atoms with van der Waals surface area (Å²) in [5, 5.41) is 2.30. The van der Waals surface area contributed by atoms with Crippen molar-refractivity contribution in [2.75, 3.05) is 0 Å². The second-order valence-corrected chi connectivity index (χ2v) is 16.7. The second-order valence-electron chi connectivity index (χ2n) is 16.7. The molecule has 0 N–H and O–H groups in total. The molecule has 0 aliphatic heterocycles. The maximum atomic E-state index is 5.46. The van der Waals surface area contributed by atoms with Crippen molar-refractivity contribution in [2.45, 2.75) is 0 Å². The first kappa shape index (κ1) is 39.5. The number of nitrogens with zero attached hydrogens (tertiary/aromatic N) is 5. The lowest BCUT2D eigenvalue weighted by Gasteiger charge is -2.17. The van der Waals surface area contributed by atoms with Crippen molar-refractivity contribution in [3.05, 3.63) is 249 Å². The Balaban J connectivity index is 1.17. The Morgan fingerprint density at radius 1 is 0.239 bits per heavy atom. The molecule has 0 radical (unpaired) electrons. The summed E-state index contributed by atoms with van der Waals surface area (Å²) in [4.78, 5) is 21.5. The Kier molecular flexibility index (Phi) is 10.1. The normalized spacial score (nSPS) is 11.3. The van der Waals surface area contributed by atoms with Gasteiger partial charge in [-0.15, -0.1) is 0 Å². The van der Waals surface area contributed by atoms with E-state index in [0.717, 1.165) is 106 Å². The molecule has 0 saturated heterocycles. The number of benzene rings is 9. The Labute approximate surface area is 389 Å². The summed E-state index contributed by atoms with van der Waals surface area (Å²) in [6.07, 6.45) is 0. The van der Waals surface area contributed by atoms with Gasteiger partial charge in [-0.3, -0.25) is 0 Å². The van der Waals surface area contributed by atoms with Gasteiger partial charge in [-0.2, -0.15) is 0 Å². The van der Waals surface area contributed by atoms with Gasteiger partial charge in [-0.25, -0.2) is 19.9 Å². The van der Waals surface area contributed by atoms with E-state index in [2.05, 4.69) is 205 Å². The average molecular weight is 856 g/mol. The molecule has 0 aliphatic rings. The number of hydrogen-bond donors (Lipinski definition) is 0. The van der Waals surface area contributed by atoms with Crippen LogP contribution >= 0.6 is 0 Å². The zero-order valence-electron chi connectivity index (χ0n) is 36.4. The van der Waals surface area contributed by atoms with E-state index in [1.54, 1.807) is 0 Å². The highest BCUT2D eigenvalue weighted by molar-refractivity contribution is 6.11. The van der Waals surface area contributed by atoms with E-state index < -0.39 is 0 Å². The predicted octanol–water partition coefficient (Wildman–Crippen LogP) is 15.7. The van der Waals surface area contributed by atoms with Gasteiger partial charge >= 0.3 is 0 Å². The summed E-state index contributed by atoms with van der Waals surface area (Å²) < 4.78 is 2.40. The van der Waals surface area contributed by atoms with E-state index in [4.69, 9.17) is 19.9 Å². The summed E-state index contributed by atoms with van der Waals surface area (Å²) in [7, 11) is 0. The summed E-state index contributed by atoms with van der Waals surface area (Å²) in [6, 6.07) is 86.9. The van der Waals surface area contributed by atoms with Crippen LogP contribution in [-0.2, 0) is 0 Å². The zero-order valence-corrected chi connectivity index (χ0v) is 36.4. The molecular weight excluding hydrogens is 815 g/mol. The minimum absolute atomic E-state index is 0.591. The van der Waals surface area contributed by atoms with Crippen LogP contribution in [0, 0.1) is 0 Å². The first-order valence-electron chi connectivity index (χ1n) is 22.5. The molecule has 0 amide bonds. The Morgan fingerprint density at radius 2 is 0.567 bits per heavy atom. The molecule has 0 atom stereocenters. The maximum absolute atomic E-state index is 5.46. The SMILES string of the molecule is c1ccc(-c2ccc3c4ccc(-c5ccccc5)cc4n(-c4ccc(-c5nc(-c6ccccc6)cc(-c6ccccc6)n5)cc4-c4nc(-c5ccccc5)cc(-c5ccccc5)n4)c3c2)cc1. The van der Waals surface area contributed by atoms with Crippen LogP contribution in [0.3, 0.4) is 0 Å². The van der Waals surface area contributed by atoms with Crippen molar-refractivity contribution in [3.8, 4) is 95.7 Å². The summed E-state index contributed by atoms with van der Waals surface area (Å²) >= 11 is 0. The molecule has 0 fully saturated rings. The van der Waals surface area contributed by atoms with Gasteiger partial charge in [0.15, 0.2) is 11.6 Å². The molecule has 12 aromatic rings. The van der Waals surface area contributed by atoms with Crippen molar-refractivity contribution in [1.29, 1.82) is 0 Å². The highest BCUT2D eigenvalue weighted by Crippen LogP contribution is 2.41. The Morgan fingerprint density at radius 3 is 0.940 bits per heavy atom. The van der Waals surface area contributed by atoms with Gasteiger partial charge < -0.3 is 4.57 Å². The molecule has 0 saturated carbocycles. The fourth-order valence-corrected chi connectivity index (χ4v) is 9.12. The van der Waals surface area contributed by atoms with E-state index >= 15 is 0 Å². The largest absolute Gasteiger partial charge is 0.308 e. The number of fused-ring (bicyclic) bond motifs is 3. The van der Waals surface area contributed by atoms with Crippen LogP contribution < -0.4 is 0 Å². The monoisotopic (exact) mass is 855 g/mol. The Bertz CT molecular complexity index is 3490. The van der Waals surface area contributed by atoms with Crippen LogP contribution in [0.4, 0.5) is 0 Å². The van der Waals surface area contributed by atoms with Crippen LogP contribution in [0.1, 0.15) is 0 Å². The average Bonchev–Trinajstić information content (AvgIpc) is 3.74.